The molecule has 1 aliphatic heterocycles. The molecule has 126 valence electrons. The number of hydrogen-bond donors (Lipinski definition) is 1. The summed E-state index contributed by atoms with van der Waals surface area (Å²) in [5.74, 6) is 0. The molecule has 1 N–H and O–H groups in total. The number of benzene rings is 1. The van der Waals surface area contributed by atoms with Crippen molar-refractivity contribution in [1.29, 1.82) is 0 Å². The molecule has 0 bridgehead atoms. The minimum absolute atomic E-state index is 0. The lowest BCUT2D eigenvalue weighted by Crippen LogP contribution is -2.48. The van der Waals surface area contributed by atoms with Crippen molar-refractivity contribution in [3.05, 3.63) is 34.9 Å². The van der Waals surface area contributed by atoms with Gasteiger partial charge in [-0.15, -0.1) is 12.4 Å². The lowest BCUT2D eigenvalue weighted by Gasteiger charge is -2.40. The van der Waals surface area contributed by atoms with Crippen molar-refractivity contribution >= 4 is 24.0 Å². The van der Waals surface area contributed by atoms with Crippen molar-refractivity contribution in [2.24, 2.45) is 0 Å². The van der Waals surface area contributed by atoms with Crippen LogP contribution in [0.5, 0.6) is 0 Å². The molecule has 1 aromatic rings. The maximum atomic E-state index is 10.2. The van der Waals surface area contributed by atoms with Crippen molar-refractivity contribution in [3.8, 4) is 0 Å². The van der Waals surface area contributed by atoms with Gasteiger partial charge >= 0.3 is 0 Å². The topological polar surface area (TPSA) is 32.7 Å². The van der Waals surface area contributed by atoms with E-state index in [1.807, 2.05) is 24.3 Å². The van der Waals surface area contributed by atoms with Crippen LogP contribution in [0.4, 0.5) is 0 Å². The monoisotopic (exact) mass is 347 g/mol. The first kappa shape index (κ1) is 19.7. The molecule has 2 rings (SSSR count). The van der Waals surface area contributed by atoms with Gasteiger partial charge in [0.25, 0.3) is 0 Å². The summed E-state index contributed by atoms with van der Waals surface area (Å²) in [7, 11) is 0. The molecule has 1 aromatic carbocycles. The second-order valence-electron chi connectivity index (χ2n) is 6.12. The number of aliphatic hydroxyl groups excluding tert-OH is 1. The predicted molar refractivity (Wildman–Crippen MR) is 93.8 cm³/mol. The Balaban J connectivity index is 0.00000242. The fraction of sp³-hybridized carbons (Fsp3) is 0.647. The van der Waals surface area contributed by atoms with E-state index in [1.165, 1.54) is 19.3 Å². The second-order valence-corrected chi connectivity index (χ2v) is 6.56. The van der Waals surface area contributed by atoms with Crippen LogP contribution >= 0.6 is 24.0 Å². The summed E-state index contributed by atoms with van der Waals surface area (Å²) in [5, 5.41) is 10.9. The Hall–Kier alpha value is -0.320. The largest absolute Gasteiger partial charge is 0.389 e. The molecular formula is C17H27Cl2NO2. The van der Waals surface area contributed by atoms with E-state index >= 15 is 0 Å². The van der Waals surface area contributed by atoms with E-state index in [1.54, 1.807) is 0 Å². The van der Waals surface area contributed by atoms with Gasteiger partial charge in [-0.1, -0.05) is 30.2 Å². The summed E-state index contributed by atoms with van der Waals surface area (Å²) in [6.07, 6.45) is 3.31. The number of ether oxygens (including phenoxy) is 1. The average Bonchev–Trinajstić information content (AvgIpc) is 2.45. The van der Waals surface area contributed by atoms with Crippen LogP contribution in [-0.2, 0) is 11.3 Å². The van der Waals surface area contributed by atoms with Crippen LogP contribution in [0.2, 0.25) is 5.02 Å². The summed E-state index contributed by atoms with van der Waals surface area (Å²) < 4.78 is 5.61. The molecule has 0 aliphatic carbocycles. The summed E-state index contributed by atoms with van der Waals surface area (Å²) in [5.41, 5.74) is 1.08. The summed E-state index contributed by atoms with van der Waals surface area (Å²) in [6, 6.07) is 8.72. The van der Waals surface area contributed by atoms with Crippen LogP contribution in [0.1, 0.15) is 38.7 Å². The van der Waals surface area contributed by atoms with Crippen molar-refractivity contribution < 1.29 is 9.84 Å². The lowest BCUT2D eigenvalue weighted by molar-refractivity contribution is -0.0135. The Bertz CT molecular complexity index is 417. The minimum atomic E-state index is -0.430. The first-order valence-corrected chi connectivity index (χ1v) is 8.20. The maximum Gasteiger partial charge on any atom is 0.0900 e. The standard InChI is InChI=1S/C17H26ClNO2.ClH/c1-13-4-3-5-14(2)19(13)10-17(20)12-21-11-15-6-8-16(18)9-7-15;/h6-9,13-14,17,20H,3-5,10-12H2,1-2H3;1H. The third kappa shape index (κ3) is 6.05. The molecule has 1 fully saturated rings. The highest BCUT2D eigenvalue weighted by molar-refractivity contribution is 6.30. The van der Waals surface area contributed by atoms with Gasteiger partial charge in [-0.25, -0.2) is 0 Å². The molecule has 0 aromatic heterocycles. The Kier molecular flexibility index (Phi) is 8.73. The smallest absolute Gasteiger partial charge is 0.0900 e. The first-order valence-electron chi connectivity index (χ1n) is 7.82. The number of aliphatic hydroxyl groups is 1. The first-order chi connectivity index (χ1) is 10.1. The van der Waals surface area contributed by atoms with Gasteiger partial charge < -0.3 is 9.84 Å². The fourth-order valence-electron chi connectivity index (χ4n) is 3.02. The Morgan fingerprint density at radius 1 is 1.23 bits per heavy atom. The van der Waals surface area contributed by atoms with E-state index in [9.17, 15) is 5.11 Å². The molecule has 0 radical (unpaired) electrons. The maximum absolute atomic E-state index is 10.2. The third-order valence-corrected chi connectivity index (χ3v) is 4.54. The molecule has 1 saturated heterocycles. The molecule has 3 nitrogen and oxygen atoms in total. The number of likely N-dealkylation sites (tertiary alicyclic amines) is 1. The van der Waals surface area contributed by atoms with Crippen LogP contribution in [-0.4, -0.2) is 41.3 Å². The van der Waals surface area contributed by atoms with Gasteiger partial charge in [-0.05, 0) is 44.4 Å². The van der Waals surface area contributed by atoms with E-state index in [0.29, 0.717) is 31.8 Å². The molecule has 1 heterocycles. The lowest BCUT2D eigenvalue weighted by atomic mass is 9.97. The zero-order valence-corrected chi connectivity index (χ0v) is 14.9. The van der Waals surface area contributed by atoms with Crippen molar-refractivity contribution in [2.75, 3.05) is 13.2 Å². The van der Waals surface area contributed by atoms with Crippen molar-refractivity contribution in [2.45, 2.75) is 57.9 Å². The van der Waals surface area contributed by atoms with Crippen LogP contribution in [0.15, 0.2) is 24.3 Å². The van der Waals surface area contributed by atoms with Crippen LogP contribution < -0.4 is 0 Å². The highest BCUT2D eigenvalue weighted by atomic mass is 35.5. The molecule has 5 heteroatoms. The zero-order valence-electron chi connectivity index (χ0n) is 13.4. The van der Waals surface area contributed by atoms with Gasteiger partial charge in [-0.2, -0.15) is 0 Å². The number of hydrogen-bond acceptors (Lipinski definition) is 3. The molecule has 3 unspecified atom stereocenters. The van der Waals surface area contributed by atoms with E-state index in [4.69, 9.17) is 16.3 Å². The van der Waals surface area contributed by atoms with E-state index < -0.39 is 6.10 Å². The Morgan fingerprint density at radius 3 is 2.41 bits per heavy atom. The van der Waals surface area contributed by atoms with Gasteiger partial charge in [0.2, 0.25) is 0 Å². The van der Waals surface area contributed by atoms with Gasteiger partial charge in [0, 0.05) is 23.7 Å². The van der Waals surface area contributed by atoms with Crippen LogP contribution in [0.3, 0.4) is 0 Å². The summed E-state index contributed by atoms with van der Waals surface area (Å²) >= 11 is 5.85. The van der Waals surface area contributed by atoms with Gasteiger partial charge in [0.15, 0.2) is 0 Å². The normalized spacial score (nSPS) is 23.8. The van der Waals surface area contributed by atoms with Crippen LogP contribution in [0, 0.1) is 0 Å². The number of halogens is 2. The SMILES string of the molecule is CC1CCCC(C)N1CC(O)COCc1ccc(Cl)cc1.Cl. The van der Waals surface area contributed by atoms with Crippen LogP contribution in [0.25, 0.3) is 0 Å². The van der Waals surface area contributed by atoms with Gasteiger partial charge in [-0.3, -0.25) is 4.90 Å². The van der Waals surface area contributed by atoms with Crippen molar-refractivity contribution in [1.82, 2.24) is 4.90 Å². The molecule has 3 atom stereocenters. The van der Waals surface area contributed by atoms with E-state index in [0.717, 1.165) is 10.6 Å². The quantitative estimate of drug-likeness (QED) is 0.846. The number of rotatable bonds is 6. The van der Waals surface area contributed by atoms with E-state index in [2.05, 4.69) is 18.7 Å². The summed E-state index contributed by atoms with van der Waals surface area (Å²) in [4.78, 5) is 2.40. The number of nitrogens with zero attached hydrogens (tertiary/aromatic N) is 1. The van der Waals surface area contributed by atoms with Crippen molar-refractivity contribution in [3.63, 3.8) is 0 Å². The molecule has 0 spiro atoms. The Morgan fingerprint density at radius 2 is 1.82 bits per heavy atom. The van der Waals surface area contributed by atoms with Gasteiger partial charge in [0.05, 0.1) is 19.3 Å². The van der Waals surface area contributed by atoms with E-state index in [-0.39, 0.29) is 12.4 Å². The minimum Gasteiger partial charge on any atom is -0.389 e. The van der Waals surface area contributed by atoms with Gasteiger partial charge in [0.1, 0.15) is 0 Å². The summed E-state index contributed by atoms with van der Waals surface area (Å²) in [6.45, 7) is 6.08. The highest BCUT2D eigenvalue weighted by Crippen LogP contribution is 2.22. The number of β-amino-alcohol motifs (C(OH)–C–C–N with tert-alkyl or cyclic N) is 1. The average molecular weight is 348 g/mol. The molecular weight excluding hydrogens is 321 g/mol. The fourth-order valence-corrected chi connectivity index (χ4v) is 3.15. The zero-order chi connectivity index (χ0) is 15.2. The second kappa shape index (κ2) is 9.74. The molecule has 0 amide bonds. The molecule has 22 heavy (non-hydrogen) atoms. The molecule has 1 aliphatic rings. The molecule has 0 saturated carbocycles. The Labute approximate surface area is 145 Å². The predicted octanol–water partition coefficient (Wildman–Crippen LogP) is 3.90. The number of piperidine rings is 1. The highest BCUT2D eigenvalue weighted by Gasteiger charge is 2.26. The third-order valence-electron chi connectivity index (χ3n) is 4.29.